The topological polar surface area (TPSA) is 36.0 Å². The highest BCUT2D eigenvalue weighted by Gasteiger charge is 2.26. The predicted octanol–water partition coefficient (Wildman–Crippen LogP) is 4.80. The highest BCUT2D eigenvalue weighted by Crippen LogP contribution is 2.41. The Morgan fingerprint density at radius 2 is 2.04 bits per heavy atom. The summed E-state index contributed by atoms with van der Waals surface area (Å²) in [5.41, 5.74) is 1.79. The highest BCUT2D eigenvalue weighted by atomic mass is 79.9. The van der Waals surface area contributed by atoms with E-state index < -0.39 is 5.60 Å². The average molecular weight is 454 g/mol. The van der Waals surface area contributed by atoms with Crippen molar-refractivity contribution < 1.29 is 9.53 Å². The van der Waals surface area contributed by atoms with Crippen LogP contribution in [0.1, 0.15) is 42.5 Å². The number of thiophene rings is 1. The molecule has 7 heteroatoms. The first kappa shape index (κ1) is 20.4. The summed E-state index contributed by atoms with van der Waals surface area (Å²) in [6.07, 6.45) is 2.82. The maximum absolute atomic E-state index is 12.3. The van der Waals surface area contributed by atoms with E-state index in [1.807, 2.05) is 49.0 Å². The van der Waals surface area contributed by atoms with Crippen molar-refractivity contribution in [2.45, 2.75) is 39.3 Å². The maximum atomic E-state index is 12.3. The monoisotopic (exact) mass is 453 g/mol. The lowest BCUT2D eigenvalue weighted by Crippen LogP contribution is -2.39. The zero-order chi connectivity index (χ0) is 19.8. The van der Waals surface area contributed by atoms with E-state index in [0.29, 0.717) is 6.54 Å². The van der Waals surface area contributed by atoms with Gasteiger partial charge in [0, 0.05) is 62.1 Å². The maximum Gasteiger partial charge on any atom is 0.410 e. The zero-order valence-electron chi connectivity index (χ0n) is 16.5. The minimum atomic E-state index is -0.449. The molecule has 0 bridgehead atoms. The number of halogens is 1. The molecule has 27 heavy (non-hydrogen) atoms. The van der Waals surface area contributed by atoms with Gasteiger partial charge >= 0.3 is 6.09 Å². The van der Waals surface area contributed by atoms with Crippen molar-refractivity contribution in [2.24, 2.45) is 0 Å². The fourth-order valence-electron chi connectivity index (χ4n) is 3.27. The van der Waals surface area contributed by atoms with Gasteiger partial charge in [-0.1, -0.05) is 6.58 Å². The lowest BCUT2D eigenvalue weighted by molar-refractivity contribution is 0.0257. The summed E-state index contributed by atoms with van der Waals surface area (Å²) in [5.74, 6) is 0. The van der Waals surface area contributed by atoms with E-state index in [4.69, 9.17) is 4.74 Å². The zero-order valence-corrected chi connectivity index (χ0v) is 19.0. The van der Waals surface area contributed by atoms with Crippen molar-refractivity contribution in [2.75, 3.05) is 33.2 Å². The standard InChI is InChI=1S/C20H28BrN3O2S/c1-14-16-11-15(27-18(16)17(21)13-22(14)5)12-23-7-6-8-24(10-9-23)19(25)26-20(2,3)4/h11,13H,1,6-10,12H2,2-5H3. The normalized spacial score (nSPS) is 18.9. The smallest absolute Gasteiger partial charge is 0.410 e. The Kier molecular flexibility index (Phi) is 6.03. The van der Waals surface area contributed by atoms with Gasteiger partial charge in [0.2, 0.25) is 0 Å². The van der Waals surface area contributed by atoms with E-state index in [1.165, 1.54) is 15.3 Å². The third-order valence-electron chi connectivity index (χ3n) is 4.66. The summed E-state index contributed by atoms with van der Waals surface area (Å²) in [6, 6.07) is 2.25. The lowest BCUT2D eigenvalue weighted by atomic mass is 10.1. The SMILES string of the molecule is C=C1c2cc(CN3CCCN(C(=O)OC(C)(C)C)CC3)sc2C(Br)=CN1C. The molecule has 1 fully saturated rings. The van der Waals surface area contributed by atoms with Gasteiger partial charge in [0.15, 0.2) is 0 Å². The van der Waals surface area contributed by atoms with Crippen molar-refractivity contribution in [1.82, 2.24) is 14.7 Å². The summed E-state index contributed by atoms with van der Waals surface area (Å²) in [7, 11) is 2.02. The number of rotatable bonds is 2. The largest absolute Gasteiger partial charge is 0.444 e. The molecule has 2 aliphatic rings. The van der Waals surface area contributed by atoms with Crippen LogP contribution in [-0.2, 0) is 11.3 Å². The molecule has 1 aromatic heterocycles. The van der Waals surface area contributed by atoms with E-state index >= 15 is 0 Å². The quantitative estimate of drug-likeness (QED) is 0.643. The van der Waals surface area contributed by atoms with Crippen LogP contribution in [0.25, 0.3) is 10.2 Å². The number of carbonyl (C=O) groups excluding carboxylic acids is 1. The Hall–Kier alpha value is -1.31. The molecule has 1 aromatic rings. The Labute approximate surface area is 174 Å². The number of hydrogen-bond donors (Lipinski definition) is 0. The molecule has 3 heterocycles. The van der Waals surface area contributed by atoms with Gasteiger partial charge in [-0.05, 0) is 49.2 Å². The number of hydrogen-bond acceptors (Lipinski definition) is 5. The average Bonchev–Trinajstić information content (AvgIpc) is 2.84. The molecular formula is C20H28BrN3O2S. The fourth-order valence-corrected chi connectivity index (χ4v) is 5.15. The van der Waals surface area contributed by atoms with E-state index in [9.17, 15) is 4.79 Å². The molecule has 0 aromatic carbocycles. The van der Waals surface area contributed by atoms with Gasteiger partial charge < -0.3 is 14.5 Å². The first-order valence-corrected chi connectivity index (χ1v) is 10.9. The highest BCUT2D eigenvalue weighted by molar-refractivity contribution is 9.15. The minimum absolute atomic E-state index is 0.204. The number of fused-ring (bicyclic) bond motifs is 1. The van der Waals surface area contributed by atoms with Crippen molar-refractivity contribution in [3.8, 4) is 0 Å². The molecule has 5 nitrogen and oxygen atoms in total. The second-order valence-corrected chi connectivity index (χ2v) is 10.1. The summed E-state index contributed by atoms with van der Waals surface area (Å²) in [5, 5.41) is 0. The van der Waals surface area contributed by atoms with Gasteiger partial charge in [-0.15, -0.1) is 11.3 Å². The molecule has 1 saturated heterocycles. The van der Waals surface area contributed by atoms with E-state index in [0.717, 1.165) is 42.8 Å². The molecule has 0 radical (unpaired) electrons. The Morgan fingerprint density at radius 3 is 2.74 bits per heavy atom. The number of amides is 1. The first-order chi connectivity index (χ1) is 12.6. The summed E-state index contributed by atoms with van der Waals surface area (Å²) >= 11 is 5.49. The van der Waals surface area contributed by atoms with E-state index in [2.05, 4.69) is 39.7 Å². The fraction of sp³-hybridized carbons (Fsp3) is 0.550. The second kappa shape index (κ2) is 7.97. The summed E-state index contributed by atoms with van der Waals surface area (Å²) in [4.78, 5) is 21.2. The van der Waals surface area contributed by atoms with E-state index in [-0.39, 0.29) is 6.09 Å². The van der Waals surface area contributed by atoms with Crippen LogP contribution in [0.15, 0.2) is 18.8 Å². The number of nitrogens with zero attached hydrogens (tertiary/aromatic N) is 3. The van der Waals surface area contributed by atoms with Crippen LogP contribution in [-0.4, -0.2) is 59.6 Å². The van der Waals surface area contributed by atoms with Crippen LogP contribution >= 0.6 is 27.3 Å². The minimum Gasteiger partial charge on any atom is -0.444 e. The molecular weight excluding hydrogens is 426 g/mol. The molecule has 0 unspecified atom stereocenters. The predicted molar refractivity (Wildman–Crippen MR) is 116 cm³/mol. The van der Waals surface area contributed by atoms with Gasteiger partial charge in [0.25, 0.3) is 0 Å². The number of ether oxygens (including phenoxy) is 1. The molecule has 1 amide bonds. The third-order valence-corrected chi connectivity index (χ3v) is 6.68. The van der Waals surface area contributed by atoms with Crippen LogP contribution in [0.3, 0.4) is 0 Å². The third kappa shape index (κ3) is 4.95. The lowest BCUT2D eigenvalue weighted by Gasteiger charge is -2.26. The van der Waals surface area contributed by atoms with Crippen LogP contribution in [0.2, 0.25) is 0 Å². The van der Waals surface area contributed by atoms with Gasteiger partial charge in [-0.3, -0.25) is 4.90 Å². The Morgan fingerprint density at radius 1 is 1.30 bits per heavy atom. The van der Waals surface area contributed by atoms with Crippen molar-refractivity contribution >= 4 is 43.5 Å². The second-order valence-electron chi connectivity index (χ2n) is 8.09. The summed E-state index contributed by atoms with van der Waals surface area (Å²) < 4.78 is 6.63. The molecule has 0 aliphatic carbocycles. The number of carbonyl (C=O) groups is 1. The van der Waals surface area contributed by atoms with Gasteiger partial charge in [-0.25, -0.2) is 4.79 Å². The van der Waals surface area contributed by atoms with Gasteiger partial charge in [-0.2, -0.15) is 0 Å². The van der Waals surface area contributed by atoms with Crippen LogP contribution < -0.4 is 0 Å². The molecule has 148 valence electrons. The van der Waals surface area contributed by atoms with Crippen molar-refractivity contribution in [1.29, 1.82) is 0 Å². The van der Waals surface area contributed by atoms with Crippen molar-refractivity contribution in [3.05, 3.63) is 34.2 Å². The molecule has 2 aliphatic heterocycles. The molecule has 0 saturated carbocycles. The van der Waals surface area contributed by atoms with Crippen molar-refractivity contribution in [3.63, 3.8) is 0 Å². The first-order valence-electron chi connectivity index (χ1n) is 9.27. The van der Waals surface area contributed by atoms with Crippen LogP contribution in [0.4, 0.5) is 4.79 Å². The summed E-state index contributed by atoms with van der Waals surface area (Å²) in [6.45, 7) is 14.1. The Balaban J connectivity index is 1.62. The van der Waals surface area contributed by atoms with Crippen LogP contribution in [0, 0.1) is 0 Å². The molecule has 0 N–H and O–H groups in total. The Bertz CT molecular complexity index is 766. The molecule has 0 atom stereocenters. The van der Waals surface area contributed by atoms with Crippen LogP contribution in [0.5, 0.6) is 0 Å². The molecule has 0 spiro atoms. The van der Waals surface area contributed by atoms with Gasteiger partial charge in [0.05, 0.1) is 9.36 Å². The molecule has 3 rings (SSSR count). The van der Waals surface area contributed by atoms with E-state index in [1.54, 1.807) is 0 Å². The van der Waals surface area contributed by atoms with Gasteiger partial charge in [0.1, 0.15) is 5.60 Å².